The van der Waals surface area contributed by atoms with Gasteiger partial charge in [-0.2, -0.15) is 5.26 Å². The van der Waals surface area contributed by atoms with Crippen LogP contribution in [-0.4, -0.2) is 19.0 Å². The zero-order valence-corrected chi connectivity index (χ0v) is 9.53. The second-order valence-corrected chi connectivity index (χ2v) is 4.19. The molecule has 0 aromatic heterocycles. The number of hydrogen-bond acceptors (Lipinski definition) is 3. The molecule has 1 aliphatic heterocycles. The van der Waals surface area contributed by atoms with Crippen LogP contribution in [-0.2, 0) is 9.53 Å². The van der Waals surface area contributed by atoms with Gasteiger partial charge in [0.1, 0.15) is 17.6 Å². The number of nitriles is 1. The Morgan fingerprint density at radius 3 is 2.83 bits per heavy atom. The lowest BCUT2D eigenvalue weighted by molar-refractivity contribution is -0.123. The van der Waals surface area contributed by atoms with Crippen LogP contribution in [0.4, 0.5) is 8.78 Å². The maximum absolute atomic E-state index is 13.6. The highest BCUT2D eigenvalue weighted by Crippen LogP contribution is 2.26. The van der Waals surface area contributed by atoms with Crippen molar-refractivity contribution in [3.05, 3.63) is 35.4 Å². The zero-order valence-electron chi connectivity index (χ0n) is 9.53. The fourth-order valence-corrected chi connectivity index (χ4v) is 2.02. The molecular weight excluding hydrogens is 240 g/mol. The van der Waals surface area contributed by atoms with Crippen LogP contribution >= 0.6 is 0 Å². The lowest BCUT2D eigenvalue weighted by Gasteiger charge is -2.13. The van der Waals surface area contributed by atoms with Crippen LogP contribution in [0.15, 0.2) is 18.2 Å². The maximum Gasteiger partial charge on any atom is 0.160 e. The van der Waals surface area contributed by atoms with Crippen LogP contribution in [0.3, 0.4) is 0 Å². The summed E-state index contributed by atoms with van der Waals surface area (Å²) in [7, 11) is 0. The summed E-state index contributed by atoms with van der Waals surface area (Å²) in [5.41, 5.74) is -0.0733. The Hall–Kier alpha value is -1.80. The number of nitrogens with zero attached hydrogens (tertiary/aromatic N) is 1. The van der Waals surface area contributed by atoms with Gasteiger partial charge in [-0.3, -0.25) is 4.79 Å². The van der Waals surface area contributed by atoms with Crippen molar-refractivity contribution in [2.24, 2.45) is 5.92 Å². The third kappa shape index (κ3) is 2.39. The van der Waals surface area contributed by atoms with Crippen molar-refractivity contribution in [1.82, 2.24) is 0 Å². The molecule has 0 bridgehead atoms. The van der Waals surface area contributed by atoms with Crippen LogP contribution < -0.4 is 0 Å². The fraction of sp³-hybridized carbons (Fsp3) is 0.385. The van der Waals surface area contributed by atoms with Crippen molar-refractivity contribution in [3.63, 3.8) is 0 Å². The molecular formula is C13H11F2NO2. The number of hydrogen-bond donors (Lipinski definition) is 0. The third-order valence-electron chi connectivity index (χ3n) is 3.02. The van der Waals surface area contributed by atoms with E-state index in [1.807, 2.05) is 0 Å². The molecule has 0 N–H and O–H groups in total. The van der Waals surface area contributed by atoms with Crippen molar-refractivity contribution in [3.8, 4) is 6.07 Å². The van der Waals surface area contributed by atoms with Gasteiger partial charge in [0.2, 0.25) is 0 Å². The highest BCUT2D eigenvalue weighted by atomic mass is 19.1. The van der Waals surface area contributed by atoms with Crippen molar-refractivity contribution in [2.45, 2.75) is 12.3 Å². The van der Waals surface area contributed by atoms with Crippen molar-refractivity contribution >= 4 is 5.78 Å². The molecule has 1 fully saturated rings. The number of Topliss-reactive ketones (excluding diaryl/α,β-unsaturated/α-hetero) is 1. The van der Waals surface area contributed by atoms with E-state index in [2.05, 4.69) is 0 Å². The minimum absolute atomic E-state index is 0.0733. The monoisotopic (exact) mass is 251 g/mol. The van der Waals surface area contributed by atoms with Gasteiger partial charge in [0.05, 0.1) is 12.7 Å². The summed E-state index contributed by atoms with van der Waals surface area (Å²) in [5, 5.41) is 9.03. The molecule has 0 saturated carbocycles. The molecule has 1 saturated heterocycles. The first-order valence-corrected chi connectivity index (χ1v) is 5.59. The van der Waals surface area contributed by atoms with E-state index in [-0.39, 0.29) is 23.9 Å². The van der Waals surface area contributed by atoms with Crippen LogP contribution in [0.1, 0.15) is 17.9 Å². The van der Waals surface area contributed by atoms with Gasteiger partial charge < -0.3 is 4.74 Å². The van der Waals surface area contributed by atoms with Gasteiger partial charge in [-0.1, -0.05) is 6.07 Å². The van der Waals surface area contributed by atoms with Gasteiger partial charge in [0.15, 0.2) is 5.78 Å². The number of rotatable bonds is 3. The summed E-state index contributed by atoms with van der Waals surface area (Å²) < 4.78 is 31.4. The average molecular weight is 251 g/mol. The van der Waals surface area contributed by atoms with E-state index in [4.69, 9.17) is 10.00 Å². The van der Waals surface area contributed by atoms with E-state index < -0.39 is 17.6 Å². The number of carbonyl (C=O) groups excluding carboxylic acids is 1. The number of halogens is 2. The highest BCUT2D eigenvalue weighted by molar-refractivity contribution is 5.90. The quantitative estimate of drug-likeness (QED) is 0.827. The molecule has 0 radical (unpaired) electrons. The summed E-state index contributed by atoms with van der Waals surface area (Å²) in [6.45, 7) is 0.736. The average Bonchev–Trinajstić information content (AvgIpc) is 2.86. The predicted octanol–water partition coefficient (Wildman–Crippen LogP) is 2.18. The predicted molar refractivity (Wildman–Crippen MR) is 58.6 cm³/mol. The van der Waals surface area contributed by atoms with Gasteiger partial charge >= 0.3 is 0 Å². The summed E-state index contributed by atoms with van der Waals surface area (Å²) in [5.74, 6) is -3.53. The molecule has 3 nitrogen and oxygen atoms in total. The second-order valence-electron chi connectivity index (χ2n) is 4.19. The lowest BCUT2D eigenvalue weighted by Crippen LogP contribution is -2.22. The molecule has 2 rings (SSSR count). The number of benzene rings is 1. The summed E-state index contributed by atoms with van der Waals surface area (Å²) in [4.78, 5) is 12.1. The Morgan fingerprint density at radius 1 is 1.50 bits per heavy atom. The Labute approximate surface area is 103 Å². The van der Waals surface area contributed by atoms with Gasteiger partial charge in [0, 0.05) is 24.2 Å². The SMILES string of the molecule is N#CC(C(=O)C1CCOC1)c1ccc(F)cc1F. The smallest absolute Gasteiger partial charge is 0.160 e. The van der Waals surface area contributed by atoms with E-state index in [1.54, 1.807) is 6.07 Å². The van der Waals surface area contributed by atoms with Crippen LogP contribution in [0.25, 0.3) is 0 Å². The van der Waals surface area contributed by atoms with E-state index in [0.29, 0.717) is 19.1 Å². The first kappa shape index (κ1) is 12.7. The molecule has 0 spiro atoms. The first-order valence-electron chi connectivity index (χ1n) is 5.59. The third-order valence-corrected chi connectivity index (χ3v) is 3.02. The van der Waals surface area contributed by atoms with Crippen molar-refractivity contribution < 1.29 is 18.3 Å². The maximum atomic E-state index is 13.6. The van der Waals surface area contributed by atoms with Crippen molar-refractivity contribution in [1.29, 1.82) is 5.26 Å². The topological polar surface area (TPSA) is 50.1 Å². The van der Waals surface area contributed by atoms with Gasteiger partial charge in [-0.05, 0) is 12.5 Å². The molecule has 1 aliphatic rings. The summed E-state index contributed by atoms with van der Waals surface area (Å²) in [6, 6.07) is 4.65. The Balaban J connectivity index is 2.28. The molecule has 0 aliphatic carbocycles. The molecule has 2 atom stereocenters. The lowest BCUT2D eigenvalue weighted by atomic mass is 9.87. The van der Waals surface area contributed by atoms with Crippen LogP contribution in [0.2, 0.25) is 0 Å². The van der Waals surface area contributed by atoms with Gasteiger partial charge in [0.25, 0.3) is 0 Å². The van der Waals surface area contributed by atoms with Crippen LogP contribution in [0, 0.1) is 28.9 Å². The largest absolute Gasteiger partial charge is 0.381 e. The van der Waals surface area contributed by atoms with Crippen LogP contribution in [0.5, 0.6) is 0 Å². The molecule has 1 heterocycles. The number of ether oxygens (including phenoxy) is 1. The summed E-state index contributed by atoms with van der Waals surface area (Å²) >= 11 is 0. The Morgan fingerprint density at radius 2 is 2.28 bits per heavy atom. The standard InChI is InChI=1S/C13H11F2NO2/c14-9-1-2-10(12(15)5-9)11(6-16)13(17)8-3-4-18-7-8/h1-2,5,8,11H,3-4,7H2. The first-order chi connectivity index (χ1) is 8.63. The van der Waals surface area contributed by atoms with E-state index in [1.165, 1.54) is 0 Å². The minimum Gasteiger partial charge on any atom is -0.381 e. The molecule has 1 aromatic carbocycles. The zero-order chi connectivity index (χ0) is 13.1. The van der Waals surface area contributed by atoms with Gasteiger partial charge in [-0.25, -0.2) is 8.78 Å². The number of ketones is 1. The van der Waals surface area contributed by atoms with E-state index in [9.17, 15) is 13.6 Å². The normalized spacial score (nSPS) is 20.4. The minimum atomic E-state index is -1.20. The Bertz CT molecular complexity index is 504. The van der Waals surface area contributed by atoms with E-state index >= 15 is 0 Å². The number of carbonyl (C=O) groups is 1. The van der Waals surface area contributed by atoms with E-state index in [0.717, 1.165) is 12.1 Å². The summed E-state index contributed by atoms with van der Waals surface area (Å²) in [6.07, 6.45) is 0.541. The fourth-order valence-electron chi connectivity index (χ4n) is 2.02. The van der Waals surface area contributed by atoms with Gasteiger partial charge in [-0.15, -0.1) is 0 Å². The second kappa shape index (κ2) is 5.23. The molecule has 18 heavy (non-hydrogen) atoms. The molecule has 0 amide bonds. The highest BCUT2D eigenvalue weighted by Gasteiger charge is 2.32. The Kier molecular flexibility index (Phi) is 3.68. The molecule has 5 heteroatoms. The molecule has 1 aromatic rings. The van der Waals surface area contributed by atoms with Crippen molar-refractivity contribution in [2.75, 3.05) is 13.2 Å². The molecule has 94 valence electrons. The molecule has 2 unspecified atom stereocenters.